The van der Waals surface area contributed by atoms with Gasteiger partial charge in [0, 0.05) is 18.8 Å². The van der Waals surface area contributed by atoms with Gasteiger partial charge in [-0.05, 0) is 18.6 Å². The van der Waals surface area contributed by atoms with Gasteiger partial charge < -0.3 is 9.67 Å². The third kappa shape index (κ3) is 1.42. The van der Waals surface area contributed by atoms with Crippen LogP contribution in [0, 0.1) is 12.7 Å². The van der Waals surface area contributed by atoms with E-state index in [2.05, 4.69) is 0 Å². The van der Waals surface area contributed by atoms with E-state index in [1.165, 1.54) is 12.1 Å². The number of aryl methyl sites for hydroxylation is 2. The second-order valence-electron chi connectivity index (χ2n) is 3.80. The van der Waals surface area contributed by atoms with Crippen molar-refractivity contribution in [1.82, 2.24) is 4.57 Å². The van der Waals surface area contributed by atoms with Crippen molar-refractivity contribution >= 4 is 10.9 Å². The first-order valence-corrected chi connectivity index (χ1v) is 4.95. The van der Waals surface area contributed by atoms with Crippen molar-refractivity contribution < 1.29 is 9.50 Å². The third-order valence-corrected chi connectivity index (χ3v) is 2.80. The second-order valence-corrected chi connectivity index (χ2v) is 3.80. The first-order chi connectivity index (χ1) is 7.56. The van der Waals surface area contributed by atoms with E-state index in [1.807, 2.05) is 6.92 Å². The van der Waals surface area contributed by atoms with Crippen LogP contribution >= 0.6 is 0 Å². The summed E-state index contributed by atoms with van der Waals surface area (Å²) >= 11 is 0. The average molecular weight is 221 g/mol. The fraction of sp³-hybridized carbons (Fsp3) is 0.250. The van der Waals surface area contributed by atoms with Crippen LogP contribution in [-0.2, 0) is 13.7 Å². The van der Waals surface area contributed by atoms with Crippen LogP contribution in [-0.4, -0.2) is 9.67 Å². The van der Waals surface area contributed by atoms with Crippen LogP contribution in [0.15, 0.2) is 23.0 Å². The van der Waals surface area contributed by atoms with Gasteiger partial charge in [0.2, 0.25) is 0 Å². The van der Waals surface area contributed by atoms with Crippen molar-refractivity contribution in [3.8, 4) is 0 Å². The molecule has 0 aliphatic heterocycles. The molecule has 1 heterocycles. The first-order valence-electron chi connectivity index (χ1n) is 4.95. The fourth-order valence-electron chi connectivity index (χ4n) is 1.95. The topological polar surface area (TPSA) is 42.2 Å². The molecule has 0 saturated carbocycles. The van der Waals surface area contributed by atoms with Crippen molar-refractivity contribution in [2.45, 2.75) is 13.5 Å². The number of aliphatic hydroxyl groups is 1. The maximum atomic E-state index is 13.6. The maximum absolute atomic E-state index is 13.6. The molecule has 2 aromatic rings. The molecule has 3 nitrogen and oxygen atoms in total. The Bertz CT molecular complexity index is 616. The van der Waals surface area contributed by atoms with E-state index in [1.54, 1.807) is 17.7 Å². The molecular weight excluding hydrogens is 209 g/mol. The van der Waals surface area contributed by atoms with E-state index in [0.717, 1.165) is 5.56 Å². The molecule has 2 rings (SSSR count). The van der Waals surface area contributed by atoms with Gasteiger partial charge in [0.25, 0.3) is 0 Å². The predicted molar refractivity (Wildman–Crippen MR) is 59.8 cm³/mol. The standard InChI is InChI=1S/C12H12FNO2/c1-7-3-4-9(13)11-10(16)5-8(6-15)14(2)12(7)11/h3-5,15H,6H2,1-2H3. The Morgan fingerprint density at radius 3 is 2.75 bits per heavy atom. The van der Waals surface area contributed by atoms with Crippen molar-refractivity contribution in [2.24, 2.45) is 7.05 Å². The van der Waals surface area contributed by atoms with Gasteiger partial charge in [-0.15, -0.1) is 0 Å². The highest BCUT2D eigenvalue weighted by Crippen LogP contribution is 2.19. The first kappa shape index (κ1) is 10.8. The number of nitrogens with zero attached hydrogens (tertiary/aromatic N) is 1. The number of benzene rings is 1. The molecule has 1 aromatic carbocycles. The number of aromatic nitrogens is 1. The van der Waals surface area contributed by atoms with E-state index in [-0.39, 0.29) is 12.0 Å². The molecule has 0 spiro atoms. The zero-order chi connectivity index (χ0) is 11.9. The average Bonchev–Trinajstić information content (AvgIpc) is 2.26. The number of rotatable bonds is 1. The largest absolute Gasteiger partial charge is 0.390 e. The summed E-state index contributed by atoms with van der Waals surface area (Å²) in [6, 6.07) is 4.18. The Labute approximate surface area is 91.8 Å². The summed E-state index contributed by atoms with van der Waals surface area (Å²) in [5.74, 6) is -0.523. The Morgan fingerprint density at radius 2 is 2.12 bits per heavy atom. The molecule has 0 aliphatic rings. The molecule has 1 aromatic heterocycles. The molecule has 4 heteroatoms. The highest BCUT2D eigenvalue weighted by atomic mass is 19.1. The van der Waals surface area contributed by atoms with Crippen molar-refractivity contribution in [1.29, 1.82) is 0 Å². The van der Waals surface area contributed by atoms with Gasteiger partial charge in [0.1, 0.15) is 5.82 Å². The summed E-state index contributed by atoms with van der Waals surface area (Å²) < 4.78 is 15.2. The number of fused-ring (bicyclic) bond motifs is 1. The van der Waals surface area contributed by atoms with E-state index >= 15 is 0 Å². The van der Waals surface area contributed by atoms with Crippen molar-refractivity contribution in [3.05, 3.63) is 45.5 Å². The maximum Gasteiger partial charge on any atom is 0.192 e. The van der Waals surface area contributed by atoms with Gasteiger partial charge in [-0.1, -0.05) is 6.07 Å². The Morgan fingerprint density at radius 1 is 1.44 bits per heavy atom. The molecular formula is C12H12FNO2. The molecule has 1 N–H and O–H groups in total. The number of hydrogen-bond donors (Lipinski definition) is 1. The van der Waals surface area contributed by atoms with E-state index in [0.29, 0.717) is 11.2 Å². The Hall–Kier alpha value is -1.68. The normalized spacial score (nSPS) is 11.0. The predicted octanol–water partition coefficient (Wildman–Crippen LogP) is 1.48. The summed E-state index contributed by atoms with van der Waals surface area (Å²) in [7, 11) is 1.71. The van der Waals surface area contributed by atoms with Crippen LogP contribution in [0.5, 0.6) is 0 Å². The third-order valence-electron chi connectivity index (χ3n) is 2.80. The van der Waals surface area contributed by atoms with Crippen LogP contribution in [0.25, 0.3) is 10.9 Å². The zero-order valence-electron chi connectivity index (χ0n) is 9.12. The summed E-state index contributed by atoms with van der Waals surface area (Å²) in [4.78, 5) is 11.7. The molecule has 0 amide bonds. The minimum atomic E-state index is -0.523. The lowest BCUT2D eigenvalue weighted by Crippen LogP contribution is -2.13. The minimum Gasteiger partial charge on any atom is -0.390 e. The van der Waals surface area contributed by atoms with Gasteiger partial charge in [-0.3, -0.25) is 4.79 Å². The van der Waals surface area contributed by atoms with E-state index < -0.39 is 11.2 Å². The van der Waals surface area contributed by atoms with E-state index in [9.17, 15) is 9.18 Å². The van der Waals surface area contributed by atoms with Crippen LogP contribution in [0.4, 0.5) is 4.39 Å². The number of hydrogen-bond acceptors (Lipinski definition) is 2. The lowest BCUT2D eigenvalue weighted by atomic mass is 10.1. The molecule has 0 fully saturated rings. The summed E-state index contributed by atoms with van der Waals surface area (Å²) in [6.45, 7) is 1.57. The lowest BCUT2D eigenvalue weighted by molar-refractivity contribution is 0.272. The van der Waals surface area contributed by atoms with Gasteiger partial charge in [0.05, 0.1) is 17.5 Å². The van der Waals surface area contributed by atoms with Crippen LogP contribution in [0.3, 0.4) is 0 Å². The SMILES string of the molecule is Cc1ccc(F)c2c(=O)cc(CO)n(C)c12. The Kier molecular flexibility index (Phi) is 2.52. The molecule has 16 heavy (non-hydrogen) atoms. The molecule has 0 radical (unpaired) electrons. The van der Waals surface area contributed by atoms with Crippen LogP contribution < -0.4 is 5.43 Å². The molecule has 0 bridgehead atoms. The highest BCUT2D eigenvalue weighted by molar-refractivity contribution is 5.83. The quantitative estimate of drug-likeness (QED) is 0.792. The molecule has 0 unspecified atom stereocenters. The smallest absolute Gasteiger partial charge is 0.192 e. The second kappa shape index (κ2) is 3.72. The monoisotopic (exact) mass is 221 g/mol. The van der Waals surface area contributed by atoms with E-state index in [4.69, 9.17) is 5.11 Å². The number of pyridine rings is 1. The lowest BCUT2D eigenvalue weighted by Gasteiger charge is -2.12. The van der Waals surface area contributed by atoms with Gasteiger partial charge in [-0.2, -0.15) is 0 Å². The molecule has 0 atom stereocenters. The van der Waals surface area contributed by atoms with Gasteiger partial charge in [-0.25, -0.2) is 4.39 Å². The summed E-state index contributed by atoms with van der Waals surface area (Å²) in [6.07, 6.45) is 0. The minimum absolute atomic E-state index is 0.0831. The fourth-order valence-corrected chi connectivity index (χ4v) is 1.95. The van der Waals surface area contributed by atoms with Crippen LogP contribution in [0.2, 0.25) is 0 Å². The number of halogens is 1. The van der Waals surface area contributed by atoms with Crippen LogP contribution in [0.1, 0.15) is 11.3 Å². The van der Waals surface area contributed by atoms with Crippen molar-refractivity contribution in [2.75, 3.05) is 0 Å². The Balaban J connectivity index is 3.07. The zero-order valence-corrected chi connectivity index (χ0v) is 9.12. The summed E-state index contributed by atoms with van der Waals surface area (Å²) in [5, 5.41) is 9.19. The van der Waals surface area contributed by atoms with Crippen molar-refractivity contribution in [3.63, 3.8) is 0 Å². The summed E-state index contributed by atoms with van der Waals surface area (Å²) in [5.41, 5.74) is 1.44. The number of aliphatic hydroxyl groups excluding tert-OH is 1. The highest BCUT2D eigenvalue weighted by Gasteiger charge is 2.11. The molecule has 84 valence electrons. The van der Waals surface area contributed by atoms with Gasteiger partial charge in [0.15, 0.2) is 5.43 Å². The van der Waals surface area contributed by atoms with Gasteiger partial charge >= 0.3 is 0 Å². The molecule has 0 aliphatic carbocycles. The molecule has 0 saturated heterocycles.